The molecule has 4 heteroatoms. The summed E-state index contributed by atoms with van der Waals surface area (Å²) in [5.41, 5.74) is 3.40. The van der Waals surface area contributed by atoms with Crippen LogP contribution in [0.1, 0.15) is 23.6 Å². The number of rotatable bonds is 7. The summed E-state index contributed by atoms with van der Waals surface area (Å²) in [7, 11) is 0. The third-order valence-electron chi connectivity index (χ3n) is 3.85. The molecule has 0 aliphatic carbocycles. The highest BCUT2D eigenvalue weighted by Crippen LogP contribution is 2.24. The van der Waals surface area contributed by atoms with E-state index in [4.69, 9.17) is 4.74 Å². The normalized spacial score (nSPS) is 11.8. The Hall–Kier alpha value is -1.94. The van der Waals surface area contributed by atoms with E-state index in [9.17, 15) is 4.79 Å². The van der Waals surface area contributed by atoms with E-state index in [2.05, 4.69) is 30.4 Å². The molecule has 0 aliphatic rings. The number of benzene rings is 2. The van der Waals surface area contributed by atoms with Crippen molar-refractivity contribution in [2.45, 2.75) is 38.7 Å². The zero-order valence-electron chi connectivity index (χ0n) is 14.8. The predicted molar refractivity (Wildman–Crippen MR) is 101 cm³/mol. The van der Waals surface area contributed by atoms with Gasteiger partial charge in [-0.05, 0) is 62.6 Å². The lowest BCUT2D eigenvalue weighted by Crippen LogP contribution is -2.37. The largest absolute Gasteiger partial charge is 0.481 e. The Morgan fingerprint density at radius 1 is 1.17 bits per heavy atom. The second-order valence-corrected chi connectivity index (χ2v) is 7.09. The Morgan fingerprint density at radius 3 is 2.58 bits per heavy atom. The van der Waals surface area contributed by atoms with Crippen LogP contribution in [0.2, 0.25) is 0 Å². The zero-order valence-corrected chi connectivity index (χ0v) is 15.6. The quantitative estimate of drug-likeness (QED) is 0.602. The van der Waals surface area contributed by atoms with Gasteiger partial charge in [-0.15, -0.1) is 11.8 Å². The van der Waals surface area contributed by atoms with Crippen LogP contribution >= 0.6 is 11.8 Å². The number of ether oxygens (including phenoxy) is 1. The molecular weight excluding hydrogens is 318 g/mol. The summed E-state index contributed by atoms with van der Waals surface area (Å²) >= 11 is 1.73. The first-order chi connectivity index (χ1) is 11.5. The lowest BCUT2D eigenvalue weighted by atomic mass is 10.1. The topological polar surface area (TPSA) is 38.3 Å². The van der Waals surface area contributed by atoms with Crippen molar-refractivity contribution < 1.29 is 9.53 Å². The second-order valence-electron chi connectivity index (χ2n) is 5.92. The van der Waals surface area contributed by atoms with Crippen LogP contribution in [-0.2, 0) is 4.79 Å². The van der Waals surface area contributed by atoms with Crippen molar-refractivity contribution in [3.63, 3.8) is 0 Å². The van der Waals surface area contributed by atoms with Crippen molar-refractivity contribution in [2.24, 2.45) is 0 Å². The third kappa shape index (κ3) is 5.31. The first-order valence-corrected chi connectivity index (χ1v) is 9.16. The third-order valence-corrected chi connectivity index (χ3v) is 4.86. The predicted octanol–water partition coefficient (Wildman–Crippen LogP) is 4.29. The molecule has 0 spiro atoms. The van der Waals surface area contributed by atoms with Crippen LogP contribution in [0.5, 0.6) is 5.75 Å². The second kappa shape index (κ2) is 8.78. The molecule has 0 fully saturated rings. The molecule has 0 aliphatic heterocycles. The standard InChI is InChI=1S/C20H25NO2S/c1-14-12-15(2)16(3)19(13-14)23-17(4)20(22)21-10-11-24-18-8-6-5-7-9-18/h5-9,12-13,17H,10-11H2,1-4H3,(H,21,22)/t17-/m0/s1. The molecule has 24 heavy (non-hydrogen) atoms. The highest BCUT2D eigenvalue weighted by atomic mass is 32.2. The van der Waals surface area contributed by atoms with Gasteiger partial charge in [-0.2, -0.15) is 0 Å². The van der Waals surface area contributed by atoms with E-state index >= 15 is 0 Å². The molecule has 3 nitrogen and oxygen atoms in total. The summed E-state index contributed by atoms with van der Waals surface area (Å²) in [6.07, 6.45) is -0.508. The Bertz CT molecular complexity index is 686. The van der Waals surface area contributed by atoms with Crippen LogP contribution in [0.15, 0.2) is 47.4 Å². The van der Waals surface area contributed by atoms with E-state index in [-0.39, 0.29) is 5.91 Å². The summed E-state index contributed by atoms with van der Waals surface area (Å²) in [6, 6.07) is 14.3. The lowest BCUT2D eigenvalue weighted by Gasteiger charge is -2.18. The maximum Gasteiger partial charge on any atom is 0.260 e. The van der Waals surface area contributed by atoms with Crippen LogP contribution in [0.25, 0.3) is 0 Å². The van der Waals surface area contributed by atoms with Crippen molar-refractivity contribution >= 4 is 17.7 Å². The molecule has 2 rings (SSSR count). The molecule has 1 atom stereocenters. The van der Waals surface area contributed by atoms with Gasteiger partial charge >= 0.3 is 0 Å². The van der Waals surface area contributed by atoms with Crippen molar-refractivity contribution in [1.82, 2.24) is 5.32 Å². The average Bonchev–Trinajstić information content (AvgIpc) is 2.56. The Labute approximate surface area is 148 Å². The fourth-order valence-electron chi connectivity index (χ4n) is 2.37. The maximum atomic E-state index is 12.2. The van der Waals surface area contributed by atoms with Gasteiger partial charge in [-0.3, -0.25) is 4.79 Å². The molecule has 0 saturated carbocycles. The van der Waals surface area contributed by atoms with Crippen LogP contribution in [0, 0.1) is 20.8 Å². The van der Waals surface area contributed by atoms with Gasteiger partial charge in [0.05, 0.1) is 0 Å². The molecule has 1 amide bonds. The Balaban J connectivity index is 1.80. The van der Waals surface area contributed by atoms with Crippen LogP contribution < -0.4 is 10.1 Å². The number of amides is 1. The summed E-state index contributed by atoms with van der Waals surface area (Å²) < 4.78 is 5.87. The summed E-state index contributed by atoms with van der Waals surface area (Å²) in [4.78, 5) is 13.4. The SMILES string of the molecule is Cc1cc(C)c(C)c(O[C@@H](C)C(=O)NCCSc2ccccc2)c1. The van der Waals surface area contributed by atoms with E-state index < -0.39 is 6.10 Å². The number of carbonyl (C=O) groups is 1. The fraction of sp³-hybridized carbons (Fsp3) is 0.350. The Kier molecular flexibility index (Phi) is 6.73. The molecular formula is C20H25NO2S. The first-order valence-electron chi connectivity index (χ1n) is 8.17. The number of hydrogen-bond acceptors (Lipinski definition) is 3. The first kappa shape index (κ1) is 18.4. The summed E-state index contributed by atoms with van der Waals surface area (Å²) in [6.45, 7) is 8.52. The number of aryl methyl sites for hydroxylation is 2. The van der Waals surface area contributed by atoms with Crippen molar-refractivity contribution in [3.8, 4) is 5.75 Å². The van der Waals surface area contributed by atoms with Crippen molar-refractivity contribution in [1.29, 1.82) is 0 Å². The minimum Gasteiger partial charge on any atom is -0.481 e. The van der Waals surface area contributed by atoms with Crippen LogP contribution in [0.3, 0.4) is 0 Å². The fourth-order valence-corrected chi connectivity index (χ4v) is 3.16. The van der Waals surface area contributed by atoms with Gasteiger partial charge in [0.2, 0.25) is 0 Å². The Morgan fingerprint density at radius 2 is 1.88 bits per heavy atom. The molecule has 0 aromatic heterocycles. The van der Waals surface area contributed by atoms with Gasteiger partial charge < -0.3 is 10.1 Å². The average molecular weight is 343 g/mol. The minimum absolute atomic E-state index is 0.0813. The number of carbonyl (C=O) groups excluding carboxylic acids is 1. The van der Waals surface area contributed by atoms with Gasteiger partial charge in [0.25, 0.3) is 5.91 Å². The van der Waals surface area contributed by atoms with Gasteiger partial charge in [0.15, 0.2) is 6.10 Å². The van der Waals surface area contributed by atoms with Gasteiger partial charge in [0.1, 0.15) is 5.75 Å². The molecule has 2 aromatic rings. The minimum atomic E-state index is -0.508. The molecule has 2 aromatic carbocycles. The molecule has 0 unspecified atom stereocenters. The van der Waals surface area contributed by atoms with Crippen LogP contribution in [-0.4, -0.2) is 24.3 Å². The number of thioether (sulfide) groups is 1. The van der Waals surface area contributed by atoms with E-state index in [1.807, 2.05) is 38.1 Å². The maximum absolute atomic E-state index is 12.2. The summed E-state index contributed by atoms with van der Waals surface area (Å²) in [5.74, 6) is 1.54. The van der Waals surface area contributed by atoms with Crippen molar-refractivity contribution in [2.75, 3.05) is 12.3 Å². The molecule has 0 saturated heterocycles. The monoisotopic (exact) mass is 343 g/mol. The molecule has 1 N–H and O–H groups in total. The highest BCUT2D eigenvalue weighted by Gasteiger charge is 2.16. The van der Waals surface area contributed by atoms with E-state index in [0.29, 0.717) is 6.54 Å². The van der Waals surface area contributed by atoms with Crippen LogP contribution in [0.4, 0.5) is 0 Å². The number of nitrogens with one attached hydrogen (secondary N) is 1. The van der Waals surface area contributed by atoms with Gasteiger partial charge in [-0.1, -0.05) is 24.3 Å². The zero-order chi connectivity index (χ0) is 17.5. The molecule has 0 heterocycles. The van der Waals surface area contributed by atoms with Crippen molar-refractivity contribution in [3.05, 3.63) is 59.2 Å². The van der Waals surface area contributed by atoms with E-state index in [1.54, 1.807) is 18.7 Å². The lowest BCUT2D eigenvalue weighted by molar-refractivity contribution is -0.127. The molecule has 128 valence electrons. The number of hydrogen-bond donors (Lipinski definition) is 1. The molecule has 0 bridgehead atoms. The van der Waals surface area contributed by atoms with Gasteiger partial charge in [-0.25, -0.2) is 0 Å². The van der Waals surface area contributed by atoms with E-state index in [1.165, 1.54) is 10.5 Å². The smallest absolute Gasteiger partial charge is 0.260 e. The summed E-state index contributed by atoms with van der Waals surface area (Å²) in [5, 5.41) is 2.94. The van der Waals surface area contributed by atoms with E-state index in [0.717, 1.165) is 22.6 Å². The van der Waals surface area contributed by atoms with Gasteiger partial charge in [0, 0.05) is 17.2 Å². The highest BCUT2D eigenvalue weighted by molar-refractivity contribution is 7.99. The molecule has 0 radical (unpaired) electrons.